The molecule has 0 unspecified atom stereocenters. The Labute approximate surface area is 102 Å². The zero-order valence-corrected chi connectivity index (χ0v) is 10.2. The third-order valence-corrected chi connectivity index (χ3v) is 2.52. The quantitative estimate of drug-likeness (QED) is 0.855. The van der Waals surface area contributed by atoms with Crippen molar-refractivity contribution in [1.29, 1.82) is 0 Å². The summed E-state index contributed by atoms with van der Waals surface area (Å²) in [6.45, 7) is 2.20. The molecule has 0 aliphatic rings. The third kappa shape index (κ3) is 4.61. The van der Waals surface area contributed by atoms with Crippen LogP contribution in [0, 0.1) is 5.92 Å². The molecule has 104 valence electrons. The van der Waals surface area contributed by atoms with Crippen LogP contribution >= 0.6 is 0 Å². The summed E-state index contributed by atoms with van der Waals surface area (Å²) in [4.78, 5) is 3.90. The van der Waals surface area contributed by atoms with Gasteiger partial charge in [0.15, 0.2) is 5.82 Å². The van der Waals surface area contributed by atoms with Crippen molar-refractivity contribution in [1.82, 2.24) is 10.1 Å². The van der Waals surface area contributed by atoms with Crippen LogP contribution in [0.25, 0.3) is 0 Å². The second-order valence-corrected chi connectivity index (χ2v) is 4.07. The standard InChI is InChI=1S/C10H16F3N3O2/c1-3-6(2)8(14)9-15-7(16-18-9)4-17-5-10(11,12)13/h6,8H,3-5,14H2,1-2H3/t6-,8-/m0/s1. The van der Waals surface area contributed by atoms with Crippen LogP contribution in [-0.2, 0) is 11.3 Å². The van der Waals surface area contributed by atoms with Gasteiger partial charge >= 0.3 is 6.18 Å². The Morgan fingerprint density at radius 3 is 2.67 bits per heavy atom. The van der Waals surface area contributed by atoms with Crippen molar-refractivity contribution in [2.45, 2.75) is 39.1 Å². The number of hydrogen-bond donors (Lipinski definition) is 1. The van der Waals surface area contributed by atoms with Crippen molar-refractivity contribution in [2.75, 3.05) is 6.61 Å². The maximum Gasteiger partial charge on any atom is 0.411 e. The predicted molar refractivity (Wildman–Crippen MR) is 56.4 cm³/mol. The van der Waals surface area contributed by atoms with E-state index in [0.29, 0.717) is 0 Å². The van der Waals surface area contributed by atoms with Crippen molar-refractivity contribution < 1.29 is 22.4 Å². The van der Waals surface area contributed by atoms with Gasteiger partial charge in [-0.1, -0.05) is 25.4 Å². The first kappa shape index (κ1) is 14.9. The molecule has 0 fully saturated rings. The topological polar surface area (TPSA) is 74.2 Å². The van der Waals surface area contributed by atoms with Gasteiger partial charge in [-0.2, -0.15) is 18.2 Å². The van der Waals surface area contributed by atoms with Gasteiger partial charge in [0.2, 0.25) is 5.89 Å². The lowest BCUT2D eigenvalue weighted by Crippen LogP contribution is -2.19. The van der Waals surface area contributed by atoms with Gasteiger partial charge in [0.1, 0.15) is 13.2 Å². The average Bonchev–Trinajstić information content (AvgIpc) is 2.74. The van der Waals surface area contributed by atoms with Crippen LogP contribution in [0.2, 0.25) is 0 Å². The highest BCUT2D eigenvalue weighted by Crippen LogP contribution is 2.20. The van der Waals surface area contributed by atoms with Crippen molar-refractivity contribution in [3.63, 3.8) is 0 Å². The summed E-state index contributed by atoms with van der Waals surface area (Å²) >= 11 is 0. The van der Waals surface area contributed by atoms with E-state index in [1.807, 2.05) is 13.8 Å². The largest absolute Gasteiger partial charge is 0.411 e. The lowest BCUT2D eigenvalue weighted by atomic mass is 10.0. The fourth-order valence-electron chi connectivity index (χ4n) is 1.22. The molecule has 0 saturated carbocycles. The first-order valence-electron chi connectivity index (χ1n) is 5.56. The highest BCUT2D eigenvalue weighted by atomic mass is 19.4. The summed E-state index contributed by atoms with van der Waals surface area (Å²) in [6, 6.07) is -0.418. The molecule has 5 nitrogen and oxygen atoms in total. The first-order valence-corrected chi connectivity index (χ1v) is 5.56. The molecule has 2 atom stereocenters. The Hall–Kier alpha value is -1.15. The maximum absolute atomic E-state index is 11.8. The summed E-state index contributed by atoms with van der Waals surface area (Å²) in [6.07, 6.45) is -3.52. The number of ether oxygens (including phenoxy) is 1. The van der Waals surface area contributed by atoms with Gasteiger partial charge in [-0.05, 0) is 5.92 Å². The minimum absolute atomic E-state index is 0.0630. The van der Waals surface area contributed by atoms with E-state index in [4.69, 9.17) is 10.3 Å². The molecule has 1 rings (SSSR count). The highest BCUT2D eigenvalue weighted by molar-refractivity contribution is 4.92. The lowest BCUT2D eigenvalue weighted by Gasteiger charge is -2.12. The van der Waals surface area contributed by atoms with E-state index in [-0.39, 0.29) is 24.2 Å². The smallest absolute Gasteiger partial charge is 0.364 e. The molecule has 1 aromatic rings. The number of aromatic nitrogens is 2. The fraction of sp³-hybridized carbons (Fsp3) is 0.800. The van der Waals surface area contributed by atoms with Crippen LogP contribution in [-0.4, -0.2) is 22.9 Å². The van der Waals surface area contributed by atoms with Crippen molar-refractivity contribution in [3.05, 3.63) is 11.7 Å². The fourth-order valence-corrected chi connectivity index (χ4v) is 1.22. The Kier molecular flexibility index (Phi) is 5.09. The minimum Gasteiger partial charge on any atom is -0.364 e. The minimum atomic E-state index is -4.36. The summed E-state index contributed by atoms with van der Waals surface area (Å²) in [5.41, 5.74) is 5.84. The van der Waals surface area contributed by atoms with E-state index >= 15 is 0 Å². The molecule has 1 heterocycles. The highest BCUT2D eigenvalue weighted by Gasteiger charge is 2.28. The summed E-state index contributed by atoms with van der Waals surface area (Å²) < 4.78 is 44.8. The van der Waals surface area contributed by atoms with E-state index in [1.165, 1.54) is 0 Å². The molecular formula is C10H16F3N3O2. The second kappa shape index (κ2) is 6.14. The van der Waals surface area contributed by atoms with Crippen LogP contribution in [0.4, 0.5) is 13.2 Å². The summed E-state index contributed by atoms with van der Waals surface area (Å²) in [7, 11) is 0. The number of halogens is 3. The lowest BCUT2D eigenvalue weighted by molar-refractivity contribution is -0.177. The molecule has 1 aromatic heterocycles. The molecule has 0 bridgehead atoms. The monoisotopic (exact) mass is 267 g/mol. The van der Waals surface area contributed by atoms with E-state index < -0.39 is 18.8 Å². The van der Waals surface area contributed by atoms with Crippen LogP contribution in [0.5, 0.6) is 0 Å². The zero-order chi connectivity index (χ0) is 13.8. The van der Waals surface area contributed by atoms with Crippen LogP contribution in [0.15, 0.2) is 4.52 Å². The van der Waals surface area contributed by atoms with Gasteiger partial charge in [0, 0.05) is 0 Å². The average molecular weight is 267 g/mol. The number of nitrogens with two attached hydrogens (primary N) is 1. The molecule has 0 spiro atoms. The Bertz CT molecular complexity index is 367. The number of nitrogens with zero attached hydrogens (tertiary/aromatic N) is 2. The molecule has 0 amide bonds. The summed E-state index contributed by atoms with van der Waals surface area (Å²) in [5, 5.41) is 3.52. The Morgan fingerprint density at radius 1 is 1.44 bits per heavy atom. The van der Waals surface area contributed by atoms with Crippen molar-refractivity contribution >= 4 is 0 Å². The van der Waals surface area contributed by atoms with E-state index in [1.54, 1.807) is 0 Å². The maximum atomic E-state index is 11.8. The van der Waals surface area contributed by atoms with Gasteiger partial charge in [0.25, 0.3) is 0 Å². The number of hydrogen-bond acceptors (Lipinski definition) is 5. The van der Waals surface area contributed by atoms with Crippen molar-refractivity contribution in [2.24, 2.45) is 11.7 Å². The Balaban J connectivity index is 2.48. The van der Waals surface area contributed by atoms with Gasteiger partial charge in [-0.25, -0.2) is 0 Å². The molecule has 8 heteroatoms. The molecular weight excluding hydrogens is 251 g/mol. The normalized spacial score (nSPS) is 15.7. The Morgan fingerprint density at radius 2 is 2.11 bits per heavy atom. The van der Waals surface area contributed by atoms with Gasteiger partial charge in [-0.15, -0.1) is 0 Å². The van der Waals surface area contributed by atoms with E-state index in [2.05, 4.69) is 14.9 Å². The summed E-state index contributed by atoms with van der Waals surface area (Å²) in [5.74, 6) is 0.428. The molecule has 0 aliphatic heterocycles. The molecule has 0 saturated heterocycles. The van der Waals surface area contributed by atoms with Gasteiger partial charge in [0.05, 0.1) is 6.04 Å². The SMILES string of the molecule is CC[C@H](C)[C@H](N)c1nc(COCC(F)(F)F)no1. The molecule has 2 N–H and O–H groups in total. The molecule has 0 radical (unpaired) electrons. The first-order chi connectivity index (χ1) is 8.33. The molecule has 0 aliphatic carbocycles. The van der Waals surface area contributed by atoms with Crippen molar-refractivity contribution in [3.8, 4) is 0 Å². The number of alkyl halides is 3. The molecule has 0 aromatic carbocycles. The third-order valence-electron chi connectivity index (χ3n) is 2.52. The number of rotatable bonds is 6. The predicted octanol–water partition coefficient (Wildman–Crippen LogP) is 2.19. The van der Waals surface area contributed by atoms with E-state index in [0.717, 1.165) is 6.42 Å². The van der Waals surface area contributed by atoms with Crippen LogP contribution in [0.1, 0.15) is 38.0 Å². The second-order valence-electron chi connectivity index (χ2n) is 4.07. The van der Waals surface area contributed by atoms with Crippen LogP contribution < -0.4 is 5.73 Å². The van der Waals surface area contributed by atoms with E-state index in [9.17, 15) is 13.2 Å². The van der Waals surface area contributed by atoms with Gasteiger partial charge in [-0.3, -0.25) is 0 Å². The zero-order valence-electron chi connectivity index (χ0n) is 10.2. The van der Waals surface area contributed by atoms with Crippen LogP contribution in [0.3, 0.4) is 0 Å². The molecule has 18 heavy (non-hydrogen) atoms. The van der Waals surface area contributed by atoms with Gasteiger partial charge < -0.3 is 15.0 Å².